The van der Waals surface area contributed by atoms with E-state index in [0.717, 1.165) is 5.33 Å². The van der Waals surface area contributed by atoms with Crippen LogP contribution in [0.15, 0.2) is 30.3 Å². The quantitative estimate of drug-likeness (QED) is 0.524. The fourth-order valence-corrected chi connectivity index (χ4v) is 2.72. The third kappa shape index (κ3) is 3.39. The van der Waals surface area contributed by atoms with Gasteiger partial charge in [-0.1, -0.05) is 60.1 Å². The Morgan fingerprint density at radius 1 is 1.36 bits per heavy atom. The zero-order chi connectivity index (χ0) is 10.6. The summed E-state index contributed by atoms with van der Waals surface area (Å²) >= 11 is 5.77. The molecule has 0 bridgehead atoms. The van der Waals surface area contributed by atoms with Crippen molar-refractivity contribution in [1.29, 1.82) is 0 Å². The van der Waals surface area contributed by atoms with Crippen molar-refractivity contribution in [2.45, 2.75) is 19.8 Å². The topological polar surface area (TPSA) is 0 Å². The first-order chi connectivity index (χ1) is 6.65. The summed E-state index contributed by atoms with van der Waals surface area (Å²) in [5, 5.41) is 0.914. The van der Waals surface area contributed by atoms with E-state index in [4.69, 9.17) is 0 Å². The molecular formula is C12H14BrI. The summed E-state index contributed by atoms with van der Waals surface area (Å²) in [6.07, 6.45) is 2.17. The third-order valence-corrected chi connectivity index (χ3v) is 3.50. The first-order valence-electron chi connectivity index (χ1n) is 4.67. The normalized spacial score (nSPS) is 12.2. The molecule has 1 aromatic rings. The molecule has 0 aliphatic rings. The molecule has 0 spiro atoms. The molecule has 14 heavy (non-hydrogen) atoms. The van der Waals surface area contributed by atoms with E-state index in [2.05, 4.69) is 82.7 Å². The lowest BCUT2D eigenvalue weighted by Crippen LogP contribution is -1.87. The van der Waals surface area contributed by atoms with Crippen LogP contribution in [0, 0.1) is 0 Å². The third-order valence-electron chi connectivity index (χ3n) is 2.11. The Morgan fingerprint density at radius 3 is 2.36 bits per heavy atom. The second-order valence-electron chi connectivity index (χ2n) is 3.48. The maximum Gasteiger partial charge on any atom is 0.0225 e. The van der Waals surface area contributed by atoms with Crippen LogP contribution in [0.1, 0.15) is 30.9 Å². The van der Waals surface area contributed by atoms with Gasteiger partial charge in [0.2, 0.25) is 0 Å². The van der Waals surface area contributed by atoms with Crippen molar-refractivity contribution in [2.75, 3.05) is 5.33 Å². The van der Waals surface area contributed by atoms with Gasteiger partial charge in [0.05, 0.1) is 0 Å². The van der Waals surface area contributed by atoms with Gasteiger partial charge in [-0.15, -0.1) is 0 Å². The zero-order valence-electron chi connectivity index (χ0n) is 8.43. The monoisotopic (exact) mass is 364 g/mol. The number of allylic oxidation sites excluding steroid dienone is 1. The second kappa shape index (κ2) is 5.91. The summed E-state index contributed by atoms with van der Waals surface area (Å²) in [5.74, 6) is 0.613. The van der Waals surface area contributed by atoms with Crippen LogP contribution in [-0.4, -0.2) is 5.33 Å². The number of rotatable bonds is 3. The van der Waals surface area contributed by atoms with Crippen LogP contribution in [0.4, 0.5) is 0 Å². The molecule has 0 saturated heterocycles. The fraction of sp³-hybridized carbons (Fsp3) is 0.333. The van der Waals surface area contributed by atoms with E-state index in [1.54, 1.807) is 0 Å². The van der Waals surface area contributed by atoms with Crippen molar-refractivity contribution < 1.29 is 0 Å². The highest BCUT2D eigenvalue weighted by molar-refractivity contribution is 14.1. The summed E-state index contributed by atoms with van der Waals surface area (Å²) in [7, 11) is 0. The summed E-state index contributed by atoms with van der Waals surface area (Å²) in [6.45, 7) is 4.43. The molecule has 76 valence electrons. The standard InChI is InChI=1S/C12H14BrI/c1-9(2)10-3-5-11(6-4-10)12(14)7-8-13/h3-7,9H,8H2,1-2H3. The highest BCUT2D eigenvalue weighted by Crippen LogP contribution is 2.24. The molecule has 0 radical (unpaired) electrons. The molecule has 0 unspecified atom stereocenters. The molecule has 0 N–H and O–H groups in total. The Hall–Kier alpha value is 0.170. The van der Waals surface area contributed by atoms with E-state index in [9.17, 15) is 0 Å². The molecular weight excluding hydrogens is 351 g/mol. The average Bonchev–Trinajstić information content (AvgIpc) is 2.18. The van der Waals surface area contributed by atoms with Crippen molar-refractivity contribution in [2.24, 2.45) is 0 Å². The van der Waals surface area contributed by atoms with Gasteiger partial charge in [-0.3, -0.25) is 0 Å². The van der Waals surface area contributed by atoms with Crippen molar-refractivity contribution >= 4 is 42.1 Å². The number of hydrogen-bond donors (Lipinski definition) is 0. The summed E-state index contributed by atoms with van der Waals surface area (Å²) in [6, 6.07) is 8.80. The second-order valence-corrected chi connectivity index (χ2v) is 5.29. The maximum absolute atomic E-state index is 3.40. The fourth-order valence-electron chi connectivity index (χ4n) is 1.21. The van der Waals surface area contributed by atoms with Crippen molar-refractivity contribution in [3.8, 4) is 0 Å². The smallest absolute Gasteiger partial charge is 0.0225 e. The Morgan fingerprint density at radius 2 is 1.93 bits per heavy atom. The maximum atomic E-state index is 3.40. The molecule has 0 aromatic heterocycles. The Labute approximate surface area is 108 Å². The molecule has 0 amide bonds. The Kier molecular flexibility index (Phi) is 5.17. The van der Waals surface area contributed by atoms with Gasteiger partial charge in [0.25, 0.3) is 0 Å². The molecule has 1 aromatic carbocycles. The van der Waals surface area contributed by atoms with Crippen molar-refractivity contribution in [1.82, 2.24) is 0 Å². The Bertz CT molecular complexity index is 312. The van der Waals surface area contributed by atoms with E-state index in [0.29, 0.717) is 5.92 Å². The molecule has 0 heterocycles. The Balaban J connectivity index is 2.88. The van der Waals surface area contributed by atoms with Gasteiger partial charge < -0.3 is 0 Å². The minimum absolute atomic E-state index is 0.613. The van der Waals surface area contributed by atoms with Crippen LogP contribution in [0.5, 0.6) is 0 Å². The minimum atomic E-state index is 0.613. The van der Waals surface area contributed by atoms with Gasteiger partial charge in [0.15, 0.2) is 0 Å². The lowest BCUT2D eigenvalue weighted by molar-refractivity contribution is 0.866. The van der Waals surface area contributed by atoms with Gasteiger partial charge >= 0.3 is 0 Å². The SMILES string of the molecule is CC(C)c1ccc(C(I)=CCBr)cc1. The van der Waals surface area contributed by atoms with Crippen molar-refractivity contribution in [3.05, 3.63) is 41.5 Å². The van der Waals surface area contributed by atoms with E-state index < -0.39 is 0 Å². The van der Waals surface area contributed by atoms with Crippen molar-refractivity contribution in [3.63, 3.8) is 0 Å². The summed E-state index contributed by atoms with van der Waals surface area (Å²) in [5.41, 5.74) is 2.70. The largest absolute Gasteiger partial charge is 0.0882 e. The number of benzene rings is 1. The van der Waals surface area contributed by atoms with E-state index in [-0.39, 0.29) is 0 Å². The minimum Gasteiger partial charge on any atom is -0.0882 e. The predicted molar refractivity (Wildman–Crippen MR) is 76.3 cm³/mol. The van der Waals surface area contributed by atoms with Gasteiger partial charge in [0, 0.05) is 8.91 Å². The van der Waals surface area contributed by atoms with E-state index in [1.807, 2.05) is 0 Å². The first kappa shape index (κ1) is 12.2. The molecule has 0 fully saturated rings. The van der Waals surface area contributed by atoms with Gasteiger partial charge in [-0.05, 0) is 39.6 Å². The van der Waals surface area contributed by atoms with Gasteiger partial charge in [-0.2, -0.15) is 0 Å². The predicted octanol–water partition coefficient (Wildman–Crippen LogP) is 4.98. The lowest BCUT2D eigenvalue weighted by Gasteiger charge is -2.06. The van der Waals surface area contributed by atoms with Crippen LogP contribution < -0.4 is 0 Å². The highest BCUT2D eigenvalue weighted by atomic mass is 127. The van der Waals surface area contributed by atoms with E-state index >= 15 is 0 Å². The molecule has 0 aliphatic carbocycles. The first-order valence-corrected chi connectivity index (χ1v) is 6.87. The van der Waals surface area contributed by atoms with Crippen LogP contribution >= 0.6 is 38.5 Å². The van der Waals surface area contributed by atoms with E-state index in [1.165, 1.54) is 14.7 Å². The molecule has 2 heteroatoms. The lowest BCUT2D eigenvalue weighted by atomic mass is 10.0. The molecule has 0 atom stereocenters. The zero-order valence-corrected chi connectivity index (χ0v) is 12.2. The molecule has 1 rings (SSSR count). The van der Waals surface area contributed by atoms with Crippen LogP contribution in [-0.2, 0) is 0 Å². The summed E-state index contributed by atoms with van der Waals surface area (Å²) in [4.78, 5) is 0. The van der Waals surface area contributed by atoms with Crippen LogP contribution in [0.2, 0.25) is 0 Å². The molecule has 0 nitrogen and oxygen atoms in total. The highest BCUT2D eigenvalue weighted by Gasteiger charge is 2.00. The van der Waals surface area contributed by atoms with Crippen LogP contribution in [0.3, 0.4) is 0 Å². The average molecular weight is 365 g/mol. The molecule has 0 saturated carbocycles. The van der Waals surface area contributed by atoms with Crippen LogP contribution in [0.25, 0.3) is 3.58 Å². The van der Waals surface area contributed by atoms with Gasteiger partial charge in [-0.25, -0.2) is 0 Å². The number of alkyl halides is 1. The molecule has 0 aliphatic heterocycles. The number of halogens is 2. The van der Waals surface area contributed by atoms with Gasteiger partial charge in [0.1, 0.15) is 0 Å². The summed E-state index contributed by atoms with van der Waals surface area (Å²) < 4.78 is 1.30. The number of hydrogen-bond acceptors (Lipinski definition) is 0.